The number of aromatic nitrogens is 4. The molecule has 0 saturated carbocycles. The zero-order chi connectivity index (χ0) is 19.2. The average molecular weight is 493 g/mol. The number of hydrogen-bond acceptors (Lipinski definition) is 3. The quantitative estimate of drug-likeness (QED) is 0.315. The Morgan fingerprint density at radius 2 is 1.79 bits per heavy atom. The van der Waals surface area contributed by atoms with Crippen molar-refractivity contribution < 1.29 is 0 Å². The lowest BCUT2D eigenvalue weighted by atomic mass is 10.2. The summed E-state index contributed by atoms with van der Waals surface area (Å²) in [5.74, 6) is 0.758. The van der Waals surface area contributed by atoms with E-state index in [1.54, 1.807) is 7.05 Å². The molecule has 28 heavy (non-hydrogen) atoms. The summed E-state index contributed by atoms with van der Waals surface area (Å²) >= 11 is 0. The molecule has 0 atom stereocenters. The van der Waals surface area contributed by atoms with Gasteiger partial charge in [0.1, 0.15) is 0 Å². The van der Waals surface area contributed by atoms with E-state index in [-0.39, 0.29) is 24.0 Å². The Morgan fingerprint density at radius 3 is 2.43 bits per heavy atom. The molecule has 1 aromatic carbocycles. The van der Waals surface area contributed by atoms with Crippen molar-refractivity contribution >= 4 is 29.9 Å². The van der Waals surface area contributed by atoms with E-state index in [9.17, 15) is 0 Å². The maximum absolute atomic E-state index is 4.45. The van der Waals surface area contributed by atoms with Crippen LogP contribution in [0.2, 0.25) is 0 Å². The Bertz CT molecular complexity index is 912. The Hall–Kier alpha value is -2.36. The predicted molar refractivity (Wildman–Crippen MR) is 123 cm³/mol. The van der Waals surface area contributed by atoms with E-state index in [1.807, 2.05) is 47.7 Å². The summed E-state index contributed by atoms with van der Waals surface area (Å²) in [5.41, 5.74) is 5.76. The third-order valence-corrected chi connectivity index (χ3v) is 4.65. The zero-order valence-corrected chi connectivity index (χ0v) is 19.1. The van der Waals surface area contributed by atoms with Gasteiger partial charge in [0.05, 0.1) is 18.4 Å². The second kappa shape index (κ2) is 10.3. The standard InChI is InChI=1S/C20H27N7.HI/c1-15-19(16(2)26(4)25-15)12-23-20(21-3)22-10-18-11-24-27(14-18)13-17-8-6-5-7-9-17;/h5-9,11,14H,10,12-13H2,1-4H3,(H2,21,22,23);1H. The van der Waals surface area contributed by atoms with Crippen molar-refractivity contribution in [2.45, 2.75) is 33.5 Å². The summed E-state index contributed by atoms with van der Waals surface area (Å²) in [7, 11) is 3.74. The number of halogens is 1. The van der Waals surface area contributed by atoms with Gasteiger partial charge in [0, 0.05) is 50.2 Å². The Labute approximate surface area is 183 Å². The predicted octanol–water partition coefficient (Wildman–Crippen LogP) is 2.76. The van der Waals surface area contributed by atoms with Crippen LogP contribution in [0.25, 0.3) is 0 Å². The fourth-order valence-corrected chi connectivity index (χ4v) is 3.01. The molecule has 0 radical (unpaired) electrons. The van der Waals surface area contributed by atoms with Gasteiger partial charge in [-0.3, -0.25) is 14.4 Å². The lowest BCUT2D eigenvalue weighted by Crippen LogP contribution is -2.36. The molecular formula is C20H28IN7. The van der Waals surface area contributed by atoms with Crippen molar-refractivity contribution in [2.24, 2.45) is 12.0 Å². The van der Waals surface area contributed by atoms with Crippen molar-refractivity contribution in [3.8, 4) is 0 Å². The van der Waals surface area contributed by atoms with Gasteiger partial charge in [-0.15, -0.1) is 24.0 Å². The van der Waals surface area contributed by atoms with Crippen molar-refractivity contribution in [1.29, 1.82) is 0 Å². The third kappa shape index (κ3) is 5.57. The van der Waals surface area contributed by atoms with Crippen LogP contribution in [0.1, 0.15) is 28.1 Å². The molecule has 0 amide bonds. The van der Waals surface area contributed by atoms with Gasteiger partial charge in [0.15, 0.2) is 5.96 Å². The van der Waals surface area contributed by atoms with Crippen molar-refractivity contribution in [3.05, 3.63) is 70.8 Å². The third-order valence-electron chi connectivity index (χ3n) is 4.65. The summed E-state index contributed by atoms with van der Waals surface area (Å²) in [5, 5.41) is 15.6. The van der Waals surface area contributed by atoms with Crippen LogP contribution in [0.3, 0.4) is 0 Å². The molecule has 3 aromatic rings. The lowest BCUT2D eigenvalue weighted by Gasteiger charge is -2.11. The highest BCUT2D eigenvalue weighted by Gasteiger charge is 2.10. The number of nitrogens with one attached hydrogen (secondary N) is 2. The van der Waals surface area contributed by atoms with Gasteiger partial charge in [-0.25, -0.2) is 0 Å². The fourth-order valence-electron chi connectivity index (χ4n) is 3.01. The molecule has 0 bridgehead atoms. The summed E-state index contributed by atoms with van der Waals surface area (Å²) in [6, 6.07) is 10.3. The van der Waals surface area contributed by atoms with Gasteiger partial charge < -0.3 is 10.6 Å². The molecular weight excluding hydrogens is 465 g/mol. The van der Waals surface area contributed by atoms with Crippen molar-refractivity contribution in [2.75, 3.05) is 7.05 Å². The van der Waals surface area contributed by atoms with E-state index in [1.165, 1.54) is 11.1 Å². The number of aryl methyl sites for hydroxylation is 2. The summed E-state index contributed by atoms with van der Waals surface area (Å²) in [4.78, 5) is 4.30. The molecule has 0 unspecified atom stereocenters. The van der Waals surface area contributed by atoms with Crippen LogP contribution < -0.4 is 10.6 Å². The van der Waals surface area contributed by atoms with Gasteiger partial charge in [-0.2, -0.15) is 10.2 Å². The first-order valence-corrected chi connectivity index (χ1v) is 9.05. The SMILES string of the molecule is CN=C(NCc1cnn(Cc2ccccc2)c1)NCc1c(C)nn(C)c1C.I. The number of hydrogen-bond donors (Lipinski definition) is 2. The maximum Gasteiger partial charge on any atom is 0.191 e. The van der Waals surface area contributed by atoms with E-state index in [0.717, 1.165) is 29.5 Å². The highest BCUT2D eigenvalue weighted by Crippen LogP contribution is 2.11. The molecule has 2 N–H and O–H groups in total. The van der Waals surface area contributed by atoms with Gasteiger partial charge in [0.25, 0.3) is 0 Å². The summed E-state index contributed by atoms with van der Waals surface area (Å²) in [6.45, 7) is 6.24. The first-order chi connectivity index (χ1) is 13.1. The smallest absolute Gasteiger partial charge is 0.191 e. The molecule has 0 aliphatic heterocycles. The highest BCUT2D eigenvalue weighted by atomic mass is 127. The minimum absolute atomic E-state index is 0. The first kappa shape index (κ1) is 21.9. The van der Waals surface area contributed by atoms with Crippen molar-refractivity contribution in [1.82, 2.24) is 30.2 Å². The van der Waals surface area contributed by atoms with E-state index in [2.05, 4.69) is 51.1 Å². The maximum atomic E-state index is 4.45. The van der Waals surface area contributed by atoms with Crippen LogP contribution in [0, 0.1) is 13.8 Å². The molecule has 7 nitrogen and oxygen atoms in total. The van der Waals surface area contributed by atoms with E-state index in [0.29, 0.717) is 13.1 Å². The van der Waals surface area contributed by atoms with Crippen LogP contribution in [0.4, 0.5) is 0 Å². The van der Waals surface area contributed by atoms with Crippen LogP contribution in [0.5, 0.6) is 0 Å². The van der Waals surface area contributed by atoms with E-state index in [4.69, 9.17) is 0 Å². The molecule has 8 heteroatoms. The van der Waals surface area contributed by atoms with Crippen LogP contribution in [-0.4, -0.2) is 32.6 Å². The molecule has 0 spiro atoms. The lowest BCUT2D eigenvalue weighted by molar-refractivity contribution is 0.685. The van der Waals surface area contributed by atoms with Gasteiger partial charge in [0.2, 0.25) is 0 Å². The van der Waals surface area contributed by atoms with Gasteiger partial charge in [-0.05, 0) is 19.4 Å². The van der Waals surface area contributed by atoms with E-state index >= 15 is 0 Å². The zero-order valence-electron chi connectivity index (χ0n) is 16.8. The first-order valence-electron chi connectivity index (χ1n) is 9.05. The monoisotopic (exact) mass is 493 g/mol. The van der Waals surface area contributed by atoms with Gasteiger partial charge >= 0.3 is 0 Å². The molecule has 0 aliphatic rings. The Balaban J connectivity index is 0.00000280. The minimum Gasteiger partial charge on any atom is -0.352 e. The topological polar surface area (TPSA) is 72.1 Å². The summed E-state index contributed by atoms with van der Waals surface area (Å²) < 4.78 is 3.86. The minimum atomic E-state index is 0. The molecule has 2 heterocycles. The average Bonchev–Trinajstić information content (AvgIpc) is 3.21. The largest absolute Gasteiger partial charge is 0.352 e. The highest BCUT2D eigenvalue weighted by molar-refractivity contribution is 14.0. The van der Waals surface area contributed by atoms with Crippen molar-refractivity contribution in [3.63, 3.8) is 0 Å². The summed E-state index contributed by atoms with van der Waals surface area (Å²) in [6.07, 6.45) is 3.95. The normalized spacial score (nSPS) is 11.2. The molecule has 2 aromatic heterocycles. The fraction of sp³-hybridized carbons (Fsp3) is 0.350. The second-order valence-corrected chi connectivity index (χ2v) is 6.58. The van der Waals surface area contributed by atoms with Crippen LogP contribution in [-0.2, 0) is 26.7 Å². The molecule has 150 valence electrons. The van der Waals surface area contributed by atoms with Crippen LogP contribution >= 0.6 is 24.0 Å². The number of benzene rings is 1. The molecule has 3 rings (SSSR count). The molecule has 0 aliphatic carbocycles. The number of nitrogens with zero attached hydrogens (tertiary/aromatic N) is 5. The van der Waals surface area contributed by atoms with E-state index < -0.39 is 0 Å². The second-order valence-electron chi connectivity index (χ2n) is 6.58. The van der Waals surface area contributed by atoms with Gasteiger partial charge in [-0.1, -0.05) is 30.3 Å². The Kier molecular flexibility index (Phi) is 8.04. The number of guanidine groups is 1. The number of aliphatic imine (C=N–C) groups is 1. The molecule has 0 fully saturated rings. The molecule has 0 saturated heterocycles. The van der Waals surface area contributed by atoms with Crippen LogP contribution in [0.15, 0.2) is 47.7 Å². The Morgan fingerprint density at radius 1 is 1.07 bits per heavy atom. The number of rotatable bonds is 6.